The van der Waals surface area contributed by atoms with E-state index in [1.54, 1.807) is 36.4 Å². The molecule has 0 aromatic heterocycles. The van der Waals surface area contributed by atoms with Crippen molar-refractivity contribution >= 4 is 5.97 Å². The van der Waals surface area contributed by atoms with Crippen LogP contribution < -0.4 is 23.7 Å². The number of methoxy groups -OCH3 is 2. The van der Waals surface area contributed by atoms with Crippen LogP contribution in [0.5, 0.6) is 40.2 Å². The summed E-state index contributed by atoms with van der Waals surface area (Å²) in [6.45, 7) is 0.283. The number of phenols is 2. The summed E-state index contributed by atoms with van der Waals surface area (Å²) in [4.78, 5) is 13.2. The number of phenolic OH excluding ortho intramolecular Hbond substituents is 2. The normalized spacial score (nSPS) is 23.4. The third kappa shape index (κ3) is 3.42. The van der Waals surface area contributed by atoms with Gasteiger partial charge in [0.2, 0.25) is 12.5 Å². The Bertz CT molecular complexity index is 1310. The van der Waals surface area contributed by atoms with E-state index in [1.807, 2.05) is 12.1 Å². The maximum absolute atomic E-state index is 13.2. The molecule has 9 heteroatoms. The highest BCUT2D eigenvalue weighted by atomic mass is 16.7. The van der Waals surface area contributed by atoms with E-state index >= 15 is 0 Å². The molecule has 0 radical (unpaired) electrons. The largest absolute Gasteiger partial charge is 0.508 e. The summed E-state index contributed by atoms with van der Waals surface area (Å²) in [5.74, 6) is 0.526. The minimum absolute atomic E-state index is 0.0993. The first-order valence-electron chi connectivity index (χ1n) is 11.5. The van der Waals surface area contributed by atoms with Gasteiger partial charge in [-0.25, -0.2) is 0 Å². The van der Waals surface area contributed by atoms with Crippen LogP contribution in [0.25, 0.3) is 0 Å². The average Bonchev–Trinajstić information content (AvgIpc) is 3.51. The zero-order valence-electron chi connectivity index (χ0n) is 19.6. The van der Waals surface area contributed by atoms with Crippen molar-refractivity contribution < 1.29 is 43.4 Å². The van der Waals surface area contributed by atoms with E-state index in [-0.39, 0.29) is 48.3 Å². The quantitative estimate of drug-likeness (QED) is 0.512. The second-order valence-corrected chi connectivity index (χ2v) is 8.94. The van der Waals surface area contributed by atoms with E-state index in [0.29, 0.717) is 17.2 Å². The van der Waals surface area contributed by atoms with Crippen molar-refractivity contribution in [2.24, 2.45) is 11.8 Å². The highest BCUT2D eigenvalue weighted by molar-refractivity contribution is 5.79. The molecule has 186 valence electrons. The summed E-state index contributed by atoms with van der Waals surface area (Å²) in [6, 6.07) is 13.6. The first-order valence-corrected chi connectivity index (χ1v) is 11.5. The van der Waals surface area contributed by atoms with Crippen LogP contribution in [0.3, 0.4) is 0 Å². The molecule has 2 heterocycles. The molecule has 1 saturated heterocycles. The highest BCUT2D eigenvalue weighted by Crippen LogP contribution is 2.56. The number of hydrogen-bond acceptors (Lipinski definition) is 9. The highest BCUT2D eigenvalue weighted by Gasteiger charge is 2.53. The van der Waals surface area contributed by atoms with Crippen molar-refractivity contribution in [1.82, 2.24) is 0 Å². The van der Waals surface area contributed by atoms with Gasteiger partial charge in [-0.3, -0.25) is 4.79 Å². The molecule has 1 fully saturated rings. The van der Waals surface area contributed by atoms with Gasteiger partial charge in [-0.1, -0.05) is 0 Å². The number of ether oxygens (including phenoxy) is 6. The molecule has 1 aliphatic carbocycles. The van der Waals surface area contributed by atoms with E-state index in [4.69, 9.17) is 28.4 Å². The summed E-state index contributed by atoms with van der Waals surface area (Å²) in [6.07, 6.45) is -0.521. The molecule has 0 amide bonds. The molecule has 3 aromatic rings. The average molecular weight is 492 g/mol. The molecular weight excluding hydrogens is 468 g/mol. The molecule has 36 heavy (non-hydrogen) atoms. The molecule has 4 atom stereocenters. The fourth-order valence-electron chi connectivity index (χ4n) is 5.43. The first kappa shape index (κ1) is 22.2. The topological polar surface area (TPSA) is 113 Å². The van der Waals surface area contributed by atoms with Crippen LogP contribution in [-0.2, 0) is 9.53 Å². The zero-order valence-corrected chi connectivity index (χ0v) is 19.6. The number of hydrogen-bond donors (Lipinski definition) is 2. The fraction of sp³-hybridized carbons (Fsp3) is 0.296. The van der Waals surface area contributed by atoms with Gasteiger partial charge in [0, 0.05) is 17.4 Å². The molecule has 2 aliphatic heterocycles. The van der Waals surface area contributed by atoms with Crippen molar-refractivity contribution in [3.05, 3.63) is 65.2 Å². The predicted molar refractivity (Wildman–Crippen MR) is 125 cm³/mol. The lowest BCUT2D eigenvalue weighted by molar-refractivity contribution is -0.141. The lowest BCUT2D eigenvalue weighted by atomic mass is 9.66. The van der Waals surface area contributed by atoms with E-state index in [1.165, 1.54) is 14.2 Å². The maximum Gasteiger partial charge on any atom is 0.310 e. The van der Waals surface area contributed by atoms with Crippen molar-refractivity contribution in [1.29, 1.82) is 0 Å². The molecule has 6 rings (SSSR count). The first-order chi connectivity index (χ1) is 17.5. The Balaban J connectivity index is 1.55. The van der Waals surface area contributed by atoms with Gasteiger partial charge in [0.1, 0.15) is 17.6 Å². The lowest BCUT2D eigenvalue weighted by Crippen LogP contribution is -2.37. The van der Waals surface area contributed by atoms with Crippen molar-refractivity contribution in [2.45, 2.75) is 12.0 Å². The fourth-order valence-corrected chi connectivity index (χ4v) is 5.43. The van der Waals surface area contributed by atoms with Gasteiger partial charge in [0.05, 0.1) is 26.7 Å². The predicted octanol–water partition coefficient (Wildman–Crippen LogP) is 3.90. The van der Waals surface area contributed by atoms with Crippen LogP contribution in [0.2, 0.25) is 0 Å². The summed E-state index contributed by atoms with van der Waals surface area (Å²) in [7, 11) is 2.92. The number of rotatable bonds is 5. The number of fused-ring (bicyclic) bond motifs is 3. The number of carbonyl (C=O) groups excluding carboxylic acids is 1. The maximum atomic E-state index is 13.2. The summed E-state index contributed by atoms with van der Waals surface area (Å²) >= 11 is 0. The minimum atomic E-state index is -0.570. The van der Waals surface area contributed by atoms with Gasteiger partial charge in [-0.2, -0.15) is 0 Å². The van der Waals surface area contributed by atoms with E-state index < -0.39 is 17.9 Å². The summed E-state index contributed by atoms with van der Waals surface area (Å²) < 4.78 is 34.1. The van der Waals surface area contributed by atoms with E-state index in [2.05, 4.69) is 0 Å². The van der Waals surface area contributed by atoms with E-state index in [0.717, 1.165) is 16.7 Å². The van der Waals surface area contributed by atoms with Crippen LogP contribution in [-0.4, -0.2) is 43.8 Å². The molecule has 0 saturated carbocycles. The van der Waals surface area contributed by atoms with Crippen LogP contribution in [0, 0.1) is 11.8 Å². The summed E-state index contributed by atoms with van der Waals surface area (Å²) in [5.41, 5.74) is 2.37. The number of aromatic hydroxyl groups is 2. The number of cyclic esters (lactones) is 1. The number of benzene rings is 3. The standard InChI is InChI=1S/C27H24O9/c1-31-21-7-13(8-22(32-2)25(21)29)23-16-9-19-20(35-12-34-19)10-17(16)26(18-11-33-27(30)24(18)23)36-15-5-3-14(28)4-6-15/h3-10,18,23-24,26,28-29H,11-12H2,1-2H3/t18-,23+,24-,26+/m0/s1. The van der Waals surface area contributed by atoms with Gasteiger partial charge in [0.15, 0.2) is 23.0 Å². The van der Waals surface area contributed by atoms with Gasteiger partial charge < -0.3 is 38.6 Å². The third-order valence-corrected chi connectivity index (χ3v) is 7.08. The molecule has 0 spiro atoms. The van der Waals surface area contributed by atoms with Gasteiger partial charge >= 0.3 is 5.97 Å². The van der Waals surface area contributed by atoms with Crippen LogP contribution in [0.1, 0.15) is 28.7 Å². The second-order valence-electron chi connectivity index (χ2n) is 8.94. The second kappa shape index (κ2) is 8.44. The van der Waals surface area contributed by atoms with Crippen molar-refractivity contribution in [3.8, 4) is 40.2 Å². The van der Waals surface area contributed by atoms with E-state index in [9.17, 15) is 15.0 Å². The monoisotopic (exact) mass is 492 g/mol. The Morgan fingerprint density at radius 2 is 1.50 bits per heavy atom. The Morgan fingerprint density at radius 1 is 0.861 bits per heavy atom. The van der Waals surface area contributed by atoms with Gasteiger partial charge in [-0.15, -0.1) is 0 Å². The van der Waals surface area contributed by atoms with Gasteiger partial charge in [0.25, 0.3) is 0 Å². The number of carbonyl (C=O) groups is 1. The molecule has 3 aliphatic rings. The third-order valence-electron chi connectivity index (χ3n) is 7.08. The SMILES string of the molecule is COc1cc([C@@H]2c3cc4c(cc3[C@@H](Oc3ccc(O)cc3)[C@H]3COC(=O)[C@H]23)OCO4)cc(OC)c1O. The van der Waals surface area contributed by atoms with Crippen LogP contribution >= 0.6 is 0 Å². The Labute approximate surface area is 206 Å². The minimum Gasteiger partial charge on any atom is -0.508 e. The zero-order chi connectivity index (χ0) is 25.0. The molecule has 9 nitrogen and oxygen atoms in total. The Morgan fingerprint density at radius 3 is 2.14 bits per heavy atom. The Hall–Kier alpha value is -4.27. The van der Waals surface area contributed by atoms with Crippen LogP contribution in [0.15, 0.2) is 48.5 Å². The molecule has 0 unspecified atom stereocenters. The lowest BCUT2D eigenvalue weighted by Gasteiger charge is -2.39. The molecule has 3 aromatic carbocycles. The summed E-state index contributed by atoms with van der Waals surface area (Å²) in [5, 5.41) is 20.2. The smallest absolute Gasteiger partial charge is 0.310 e. The van der Waals surface area contributed by atoms with Gasteiger partial charge in [-0.05, 0) is 59.7 Å². The molecular formula is C27H24O9. The van der Waals surface area contributed by atoms with Crippen molar-refractivity contribution in [3.63, 3.8) is 0 Å². The van der Waals surface area contributed by atoms with Crippen LogP contribution in [0.4, 0.5) is 0 Å². The number of esters is 1. The molecule has 2 N–H and O–H groups in total. The Kier molecular flexibility index (Phi) is 5.21. The van der Waals surface area contributed by atoms with Crippen molar-refractivity contribution in [2.75, 3.05) is 27.6 Å². The molecule has 0 bridgehead atoms.